The molecule has 3 heteroatoms. The molecule has 1 aromatic carbocycles. The van der Waals surface area contributed by atoms with Gasteiger partial charge in [-0.15, -0.1) is 11.8 Å². The van der Waals surface area contributed by atoms with Gasteiger partial charge in [0.25, 0.3) is 0 Å². The van der Waals surface area contributed by atoms with Crippen molar-refractivity contribution >= 4 is 16.8 Å². The van der Waals surface area contributed by atoms with E-state index in [0.717, 1.165) is 13.1 Å². The highest BCUT2D eigenvalue weighted by atomic mass is 32.2. The molecule has 3 rings (SSSR count). The Hall–Kier alpha value is -0.800. The lowest BCUT2D eigenvalue weighted by Crippen LogP contribution is -2.33. The first-order chi connectivity index (χ1) is 8.43. The first-order valence-electron chi connectivity index (χ1n) is 6.38. The number of thioether (sulfide) groups is 1. The summed E-state index contributed by atoms with van der Waals surface area (Å²) in [6.45, 7) is 3.32. The Labute approximate surface area is 107 Å². The fourth-order valence-corrected chi connectivity index (χ4v) is 3.70. The zero-order valence-corrected chi connectivity index (χ0v) is 10.8. The number of aliphatic imine (C=N–C) groups is 1. The summed E-state index contributed by atoms with van der Waals surface area (Å²) >= 11 is 1.96. The summed E-state index contributed by atoms with van der Waals surface area (Å²) in [5.74, 6) is 1.19. The fraction of sp³-hybridized carbons (Fsp3) is 0.500. The molecule has 0 unspecified atom stereocenters. The van der Waals surface area contributed by atoms with Crippen molar-refractivity contribution in [1.29, 1.82) is 0 Å². The first-order valence-corrected chi connectivity index (χ1v) is 7.37. The smallest absolute Gasteiger partial charge is 0.0849 e. The van der Waals surface area contributed by atoms with E-state index in [1.54, 1.807) is 0 Å². The van der Waals surface area contributed by atoms with Crippen LogP contribution in [0.25, 0.3) is 0 Å². The van der Waals surface area contributed by atoms with E-state index in [2.05, 4.69) is 40.2 Å². The van der Waals surface area contributed by atoms with Gasteiger partial charge >= 0.3 is 0 Å². The Bertz CT molecular complexity index is 402. The molecule has 2 aliphatic rings. The highest BCUT2D eigenvalue weighted by molar-refractivity contribution is 8.14. The van der Waals surface area contributed by atoms with Crippen LogP contribution < -0.4 is 0 Å². The topological polar surface area (TPSA) is 15.6 Å². The van der Waals surface area contributed by atoms with Gasteiger partial charge in [0, 0.05) is 18.8 Å². The quantitative estimate of drug-likeness (QED) is 0.815. The van der Waals surface area contributed by atoms with Gasteiger partial charge in [-0.25, -0.2) is 0 Å². The monoisotopic (exact) mass is 246 g/mol. The van der Waals surface area contributed by atoms with Crippen LogP contribution in [0, 0.1) is 0 Å². The highest BCUT2D eigenvalue weighted by Crippen LogP contribution is 2.27. The summed E-state index contributed by atoms with van der Waals surface area (Å²) in [7, 11) is 0. The number of hydrogen-bond acceptors (Lipinski definition) is 3. The van der Waals surface area contributed by atoms with Crippen LogP contribution in [0.4, 0.5) is 0 Å². The fourth-order valence-electron chi connectivity index (χ4n) is 2.67. The molecule has 0 radical (unpaired) electrons. The maximum atomic E-state index is 4.65. The summed E-state index contributed by atoms with van der Waals surface area (Å²) in [5, 5.41) is 1.39. The van der Waals surface area contributed by atoms with Gasteiger partial charge in [0.1, 0.15) is 0 Å². The lowest BCUT2D eigenvalue weighted by atomic mass is 10.2. The molecular weight excluding hydrogens is 228 g/mol. The normalized spacial score (nSPS) is 25.2. The first kappa shape index (κ1) is 11.3. The molecule has 1 fully saturated rings. The van der Waals surface area contributed by atoms with Crippen LogP contribution >= 0.6 is 11.8 Å². The minimum Gasteiger partial charge on any atom is -0.290 e. The van der Waals surface area contributed by atoms with Crippen LogP contribution in [0.3, 0.4) is 0 Å². The van der Waals surface area contributed by atoms with Crippen molar-refractivity contribution in [1.82, 2.24) is 4.90 Å². The van der Waals surface area contributed by atoms with Gasteiger partial charge in [0.05, 0.1) is 11.1 Å². The Morgan fingerprint density at radius 3 is 2.94 bits per heavy atom. The summed E-state index contributed by atoms with van der Waals surface area (Å²) < 4.78 is 0. The number of benzene rings is 1. The Kier molecular flexibility index (Phi) is 3.48. The molecule has 1 saturated heterocycles. The van der Waals surface area contributed by atoms with Crippen molar-refractivity contribution in [3.05, 3.63) is 35.9 Å². The molecule has 0 aromatic heterocycles. The zero-order valence-electron chi connectivity index (χ0n) is 10.0. The molecule has 1 atom stereocenters. The van der Waals surface area contributed by atoms with Gasteiger partial charge in [-0.3, -0.25) is 9.89 Å². The van der Waals surface area contributed by atoms with E-state index in [9.17, 15) is 0 Å². The van der Waals surface area contributed by atoms with E-state index >= 15 is 0 Å². The molecule has 2 heterocycles. The molecule has 17 heavy (non-hydrogen) atoms. The van der Waals surface area contributed by atoms with Crippen molar-refractivity contribution in [2.45, 2.75) is 25.4 Å². The van der Waals surface area contributed by atoms with Crippen molar-refractivity contribution < 1.29 is 0 Å². The number of likely N-dealkylation sites (tertiary alicyclic amines) is 1. The molecule has 90 valence electrons. The summed E-state index contributed by atoms with van der Waals surface area (Å²) in [6, 6.07) is 11.4. The van der Waals surface area contributed by atoms with Crippen molar-refractivity contribution in [3.63, 3.8) is 0 Å². The maximum Gasteiger partial charge on any atom is 0.0849 e. The molecule has 2 aliphatic heterocycles. The standard InChI is InChI=1S/C14H18N2S/c1-2-5-12(6-3-1)11-16-9-4-7-13(16)14-15-8-10-17-14/h1-3,5-6,13H,4,7-11H2/t13-/m0/s1. The molecule has 2 nitrogen and oxygen atoms in total. The third-order valence-electron chi connectivity index (χ3n) is 3.49. The van der Waals surface area contributed by atoms with Gasteiger partial charge in [-0.2, -0.15) is 0 Å². The SMILES string of the molecule is c1ccc(CN2CCC[C@H]2C2=NCCS2)cc1. The van der Waals surface area contributed by atoms with Crippen LogP contribution in [0.5, 0.6) is 0 Å². The highest BCUT2D eigenvalue weighted by Gasteiger charge is 2.30. The Morgan fingerprint density at radius 2 is 2.18 bits per heavy atom. The summed E-state index contributed by atoms with van der Waals surface area (Å²) in [4.78, 5) is 7.24. The minimum atomic E-state index is 0.600. The molecule has 0 saturated carbocycles. The van der Waals surface area contributed by atoms with Crippen molar-refractivity contribution in [2.24, 2.45) is 4.99 Å². The molecule has 1 aromatic rings. The van der Waals surface area contributed by atoms with Crippen molar-refractivity contribution in [3.8, 4) is 0 Å². The average molecular weight is 246 g/mol. The predicted octanol–water partition coefficient (Wildman–Crippen LogP) is 2.80. The second kappa shape index (κ2) is 5.23. The maximum absolute atomic E-state index is 4.65. The number of rotatable bonds is 3. The Morgan fingerprint density at radius 1 is 1.29 bits per heavy atom. The third-order valence-corrected chi connectivity index (χ3v) is 4.57. The van der Waals surface area contributed by atoms with Gasteiger partial charge < -0.3 is 0 Å². The van der Waals surface area contributed by atoms with E-state index in [1.165, 1.54) is 35.7 Å². The van der Waals surface area contributed by atoms with E-state index in [1.807, 2.05) is 11.8 Å². The summed E-state index contributed by atoms with van der Waals surface area (Å²) in [5.41, 5.74) is 1.42. The molecular formula is C14H18N2S. The Balaban J connectivity index is 1.70. The predicted molar refractivity (Wildman–Crippen MR) is 74.6 cm³/mol. The van der Waals surface area contributed by atoms with Gasteiger partial charge in [0.2, 0.25) is 0 Å². The molecule has 0 bridgehead atoms. The molecule has 0 spiro atoms. The van der Waals surface area contributed by atoms with Crippen LogP contribution in [0.1, 0.15) is 18.4 Å². The van der Waals surface area contributed by atoms with E-state index < -0.39 is 0 Å². The second-order valence-corrected chi connectivity index (χ2v) is 5.80. The van der Waals surface area contributed by atoms with Crippen molar-refractivity contribution in [2.75, 3.05) is 18.8 Å². The van der Waals surface area contributed by atoms with E-state index in [-0.39, 0.29) is 0 Å². The van der Waals surface area contributed by atoms with Crippen LogP contribution in [-0.4, -0.2) is 34.8 Å². The third kappa shape index (κ3) is 2.55. The van der Waals surface area contributed by atoms with Gasteiger partial charge in [0.15, 0.2) is 0 Å². The van der Waals surface area contributed by atoms with E-state index in [0.29, 0.717) is 6.04 Å². The van der Waals surface area contributed by atoms with E-state index in [4.69, 9.17) is 0 Å². The van der Waals surface area contributed by atoms with Gasteiger partial charge in [-0.05, 0) is 24.9 Å². The molecule has 0 aliphatic carbocycles. The zero-order chi connectivity index (χ0) is 11.5. The second-order valence-electron chi connectivity index (χ2n) is 4.68. The van der Waals surface area contributed by atoms with Crippen LogP contribution in [0.2, 0.25) is 0 Å². The molecule has 0 N–H and O–H groups in total. The lowest BCUT2D eigenvalue weighted by Gasteiger charge is -2.24. The van der Waals surface area contributed by atoms with Crippen LogP contribution in [0.15, 0.2) is 35.3 Å². The van der Waals surface area contributed by atoms with Gasteiger partial charge in [-0.1, -0.05) is 30.3 Å². The number of hydrogen-bond donors (Lipinski definition) is 0. The summed E-state index contributed by atoms with van der Waals surface area (Å²) in [6.07, 6.45) is 2.61. The average Bonchev–Trinajstić information content (AvgIpc) is 3.00. The minimum absolute atomic E-state index is 0.600. The number of nitrogens with zero attached hydrogens (tertiary/aromatic N) is 2. The molecule has 0 amide bonds. The van der Waals surface area contributed by atoms with Crippen LogP contribution in [-0.2, 0) is 6.54 Å². The largest absolute Gasteiger partial charge is 0.290 e. The lowest BCUT2D eigenvalue weighted by molar-refractivity contribution is 0.296.